The Balaban J connectivity index is 2.40. The van der Waals surface area contributed by atoms with Crippen molar-refractivity contribution in [1.82, 2.24) is 5.32 Å². The van der Waals surface area contributed by atoms with Gasteiger partial charge in [0.2, 0.25) is 5.91 Å². The fourth-order valence-electron chi connectivity index (χ4n) is 1.96. The average Bonchev–Trinajstić information content (AvgIpc) is 2.51. The van der Waals surface area contributed by atoms with Crippen molar-refractivity contribution in [1.29, 1.82) is 0 Å². The summed E-state index contributed by atoms with van der Waals surface area (Å²) in [4.78, 5) is 11.0. The predicted molar refractivity (Wildman–Crippen MR) is 49.8 cm³/mol. The minimum absolute atomic E-state index is 0.0275. The van der Waals surface area contributed by atoms with Crippen LogP contribution in [-0.2, 0) is 4.79 Å². The van der Waals surface area contributed by atoms with E-state index in [4.69, 9.17) is 0 Å². The number of carbonyl (C=O) groups excluding carboxylic acids is 1. The smallest absolute Gasteiger partial charge is 0.243 e. The standard InChI is InChI=1S/C10H17NO/c1-3-8-6-5-7-9(8)11-10(12)4-2/h4,8-9H,2-3,5-7H2,1H3,(H,11,12). The van der Waals surface area contributed by atoms with Gasteiger partial charge >= 0.3 is 0 Å². The lowest BCUT2D eigenvalue weighted by atomic mass is 10.0. The van der Waals surface area contributed by atoms with E-state index in [-0.39, 0.29) is 5.91 Å². The van der Waals surface area contributed by atoms with Gasteiger partial charge in [0.15, 0.2) is 0 Å². The molecule has 0 aromatic rings. The Kier molecular flexibility index (Phi) is 3.32. The van der Waals surface area contributed by atoms with E-state index in [1.165, 1.54) is 25.3 Å². The van der Waals surface area contributed by atoms with Gasteiger partial charge in [0.25, 0.3) is 0 Å². The summed E-state index contributed by atoms with van der Waals surface area (Å²) in [6.45, 7) is 5.63. The van der Waals surface area contributed by atoms with Crippen LogP contribution in [-0.4, -0.2) is 11.9 Å². The van der Waals surface area contributed by atoms with Crippen LogP contribution in [0.3, 0.4) is 0 Å². The van der Waals surface area contributed by atoms with Crippen LogP contribution < -0.4 is 5.32 Å². The zero-order chi connectivity index (χ0) is 8.97. The minimum Gasteiger partial charge on any atom is -0.350 e. The van der Waals surface area contributed by atoms with Crippen LogP contribution in [0.15, 0.2) is 12.7 Å². The third-order valence-corrected chi connectivity index (χ3v) is 2.70. The second-order valence-corrected chi connectivity index (χ2v) is 3.42. The second kappa shape index (κ2) is 4.29. The van der Waals surface area contributed by atoms with Gasteiger partial charge in [-0.15, -0.1) is 0 Å². The molecule has 0 aromatic heterocycles. The van der Waals surface area contributed by atoms with E-state index in [1.807, 2.05) is 0 Å². The zero-order valence-electron chi connectivity index (χ0n) is 7.68. The zero-order valence-corrected chi connectivity index (χ0v) is 7.68. The van der Waals surface area contributed by atoms with Crippen molar-refractivity contribution in [2.45, 2.75) is 38.6 Å². The summed E-state index contributed by atoms with van der Waals surface area (Å²) in [5.41, 5.74) is 0. The number of nitrogens with one attached hydrogen (secondary N) is 1. The molecule has 0 bridgehead atoms. The van der Waals surface area contributed by atoms with Crippen LogP contribution >= 0.6 is 0 Å². The molecule has 2 heteroatoms. The Morgan fingerprint density at radius 2 is 2.42 bits per heavy atom. The lowest BCUT2D eigenvalue weighted by molar-refractivity contribution is -0.117. The molecule has 2 nitrogen and oxygen atoms in total. The summed E-state index contributed by atoms with van der Waals surface area (Å²) in [5, 5.41) is 2.97. The molecular weight excluding hydrogens is 150 g/mol. The molecule has 1 aliphatic rings. The molecule has 2 atom stereocenters. The van der Waals surface area contributed by atoms with Crippen LogP contribution in [0.5, 0.6) is 0 Å². The van der Waals surface area contributed by atoms with Crippen LogP contribution in [0.1, 0.15) is 32.6 Å². The monoisotopic (exact) mass is 167 g/mol. The molecule has 0 spiro atoms. The van der Waals surface area contributed by atoms with Gasteiger partial charge in [0, 0.05) is 6.04 Å². The summed E-state index contributed by atoms with van der Waals surface area (Å²) >= 11 is 0. The number of hydrogen-bond donors (Lipinski definition) is 1. The molecule has 1 saturated carbocycles. The fourth-order valence-corrected chi connectivity index (χ4v) is 1.96. The third kappa shape index (κ3) is 2.10. The first-order valence-electron chi connectivity index (χ1n) is 4.70. The van der Waals surface area contributed by atoms with Crippen molar-refractivity contribution < 1.29 is 4.79 Å². The van der Waals surface area contributed by atoms with E-state index in [2.05, 4.69) is 18.8 Å². The summed E-state index contributed by atoms with van der Waals surface area (Å²) in [6.07, 6.45) is 6.17. The van der Waals surface area contributed by atoms with Crippen molar-refractivity contribution >= 4 is 5.91 Å². The Labute approximate surface area is 74.0 Å². The first-order valence-corrected chi connectivity index (χ1v) is 4.70. The molecule has 68 valence electrons. The van der Waals surface area contributed by atoms with E-state index in [0.29, 0.717) is 12.0 Å². The van der Waals surface area contributed by atoms with Crippen molar-refractivity contribution in [3.8, 4) is 0 Å². The molecule has 0 heterocycles. The molecule has 1 rings (SSSR count). The van der Waals surface area contributed by atoms with Gasteiger partial charge in [-0.1, -0.05) is 26.3 Å². The minimum atomic E-state index is -0.0275. The van der Waals surface area contributed by atoms with Gasteiger partial charge in [0.1, 0.15) is 0 Å². The molecule has 12 heavy (non-hydrogen) atoms. The highest BCUT2D eigenvalue weighted by Crippen LogP contribution is 2.27. The Morgan fingerprint density at radius 3 is 3.00 bits per heavy atom. The van der Waals surface area contributed by atoms with Crippen molar-refractivity contribution in [3.63, 3.8) is 0 Å². The van der Waals surface area contributed by atoms with Crippen molar-refractivity contribution in [2.24, 2.45) is 5.92 Å². The van der Waals surface area contributed by atoms with Crippen LogP contribution in [0.2, 0.25) is 0 Å². The SMILES string of the molecule is C=CC(=O)NC1CCCC1CC. The molecular formula is C10H17NO. The molecule has 1 aliphatic carbocycles. The van der Waals surface area contributed by atoms with E-state index >= 15 is 0 Å². The summed E-state index contributed by atoms with van der Waals surface area (Å²) in [6, 6.07) is 0.403. The molecule has 1 amide bonds. The predicted octanol–water partition coefficient (Wildman–Crippen LogP) is 1.87. The fraction of sp³-hybridized carbons (Fsp3) is 0.700. The van der Waals surface area contributed by atoms with Crippen LogP contribution in [0.25, 0.3) is 0 Å². The summed E-state index contributed by atoms with van der Waals surface area (Å²) in [5.74, 6) is 0.661. The van der Waals surface area contributed by atoms with Gasteiger partial charge in [-0.2, -0.15) is 0 Å². The number of amides is 1. The summed E-state index contributed by atoms with van der Waals surface area (Å²) < 4.78 is 0. The van der Waals surface area contributed by atoms with Gasteiger partial charge in [-0.25, -0.2) is 0 Å². The highest BCUT2D eigenvalue weighted by atomic mass is 16.1. The first kappa shape index (κ1) is 9.30. The molecule has 0 aromatic carbocycles. The molecule has 0 radical (unpaired) electrons. The number of rotatable bonds is 3. The Morgan fingerprint density at radius 1 is 1.67 bits per heavy atom. The molecule has 1 fully saturated rings. The first-order chi connectivity index (χ1) is 5.77. The molecule has 0 saturated heterocycles. The maximum atomic E-state index is 11.0. The maximum absolute atomic E-state index is 11.0. The van der Waals surface area contributed by atoms with E-state index in [1.54, 1.807) is 0 Å². The largest absolute Gasteiger partial charge is 0.350 e. The maximum Gasteiger partial charge on any atom is 0.243 e. The van der Waals surface area contributed by atoms with Gasteiger partial charge in [-0.3, -0.25) is 4.79 Å². The Bertz CT molecular complexity index is 177. The third-order valence-electron chi connectivity index (χ3n) is 2.70. The van der Waals surface area contributed by atoms with E-state index in [9.17, 15) is 4.79 Å². The molecule has 1 N–H and O–H groups in total. The van der Waals surface area contributed by atoms with Gasteiger partial charge in [0.05, 0.1) is 0 Å². The van der Waals surface area contributed by atoms with E-state index in [0.717, 1.165) is 6.42 Å². The summed E-state index contributed by atoms with van der Waals surface area (Å²) in [7, 11) is 0. The lowest BCUT2D eigenvalue weighted by Crippen LogP contribution is -2.35. The average molecular weight is 167 g/mol. The van der Waals surface area contributed by atoms with Crippen LogP contribution in [0.4, 0.5) is 0 Å². The highest BCUT2D eigenvalue weighted by molar-refractivity contribution is 5.87. The van der Waals surface area contributed by atoms with Crippen molar-refractivity contribution in [2.75, 3.05) is 0 Å². The topological polar surface area (TPSA) is 29.1 Å². The highest BCUT2D eigenvalue weighted by Gasteiger charge is 2.25. The second-order valence-electron chi connectivity index (χ2n) is 3.42. The van der Waals surface area contributed by atoms with E-state index < -0.39 is 0 Å². The normalized spacial score (nSPS) is 28.4. The lowest BCUT2D eigenvalue weighted by Gasteiger charge is -2.18. The number of carbonyl (C=O) groups is 1. The van der Waals surface area contributed by atoms with Gasteiger partial charge in [-0.05, 0) is 24.8 Å². The van der Waals surface area contributed by atoms with Gasteiger partial charge < -0.3 is 5.32 Å². The molecule has 2 unspecified atom stereocenters. The number of hydrogen-bond acceptors (Lipinski definition) is 1. The van der Waals surface area contributed by atoms with Crippen LogP contribution in [0, 0.1) is 5.92 Å². The molecule has 0 aliphatic heterocycles. The van der Waals surface area contributed by atoms with Crippen molar-refractivity contribution in [3.05, 3.63) is 12.7 Å². The quantitative estimate of drug-likeness (QED) is 0.639. The Hall–Kier alpha value is -0.790.